The van der Waals surface area contributed by atoms with Crippen molar-refractivity contribution in [1.82, 2.24) is 0 Å². The van der Waals surface area contributed by atoms with Gasteiger partial charge in [-0.1, -0.05) is 31.4 Å². The summed E-state index contributed by atoms with van der Waals surface area (Å²) in [6, 6.07) is 8.44. The molecule has 0 fully saturated rings. The van der Waals surface area contributed by atoms with Crippen LogP contribution in [0.5, 0.6) is 17.2 Å². The van der Waals surface area contributed by atoms with Gasteiger partial charge in [0.25, 0.3) is 10.0 Å². The molecule has 0 saturated carbocycles. The Morgan fingerprint density at radius 2 is 1.66 bits per heavy atom. The van der Waals surface area contributed by atoms with Gasteiger partial charge in [0.15, 0.2) is 0 Å². The van der Waals surface area contributed by atoms with Crippen LogP contribution in [0.4, 0.5) is 10.5 Å². The molecule has 2 aromatic rings. The van der Waals surface area contributed by atoms with E-state index in [1.165, 1.54) is 50.6 Å². The third-order valence-electron chi connectivity index (χ3n) is 4.48. The van der Waals surface area contributed by atoms with Gasteiger partial charge in [0.1, 0.15) is 22.9 Å². The summed E-state index contributed by atoms with van der Waals surface area (Å²) in [5.74, 6) is 0.745. The Morgan fingerprint density at radius 1 is 1.00 bits per heavy atom. The van der Waals surface area contributed by atoms with Crippen LogP contribution in [0.15, 0.2) is 41.3 Å². The van der Waals surface area contributed by atoms with Gasteiger partial charge in [0.05, 0.1) is 37.4 Å². The number of carbonyl (C=O) groups excluding carboxylic acids is 1. The molecule has 0 bridgehead atoms. The van der Waals surface area contributed by atoms with Crippen LogP contribution >= 0.6 is 11.6 Å². The van der Waals surface area contributed by atoms with Crippen molar-refractivity contribution >= 4 is 33.4 Å². The number of ether oxygens (including phenoxy) is 4. The minimum absolute atomic E-state index is 0.0656. The fraction of sp³-hybridized carbons (Fsp3) is 0.409. The van der Waals surface area contributed by atoms with Gasteiger partial charge in [-0.05, 0) is 37.6 Å². The van der Waals surface area contributed by atoms with E-state index in [0.29, 0.717) is 23.1 Å². The summed E-state index contributed by atoms with van der Waals surface area (Å²) in [5, 5.41) is 0.197. The van der Waals surface area contributed by atoms with Gasteiger partial charge in [-0.3, -0.25) is 0 Å². The van der Waals surface area contributed by atoms with Gasteiger partial charge >= 0.3 is 6.09 Å². The van der Waals surface area contributed by atoms with Crippen LogP contribution in [0.1, 0.15) is 33.1 Å². The minimum atomic E-state index is -4.37. The van der Waals surface area contributed by atoms with E-state index in [0.717, 1.165) is 12.8 Å². The number of carbonyl (C=O) groups is 1. The minimum Gasteiger partial charge on any atom is -0.495 e. The topological polar surface area (TPSA) is 91.4 Å². The highest BCUT2D eigenvalue weighted by Gasteiger charge is 2.35. The number of unbranched alkanes of at least 4 members (excludes halogenated alkanes) is 2. The molecule has 0 radical (unpaired) electrons. The number of anilines is 1. The lowest BCUT2D eigenvalue weighted by atomic mass is 10.2. The smallest absolute Gasteiger partial charge is 0.428 e. The number of rotatable bonds is 11. The van der Waals surface area contributed by atoms with Crippen molar-refractivity contribution in [2.75, 3.05) is 31.7 Å². The Balaban J connectivity index is 2.57. The van der Waals surface area contributed by atoms with Gasteiger partial charge < -0.3 is 18.9 Å². The SMILES string of the molecule is CCCCCOC(=O)N(c1cc(OC)c(Cl)cc1OC)S(=O)(=O)c1ccc(OCC)cc1. The van der Waals surface area contributed by atoms with E-state index in [1.807, 2.05) is 13.8 Å². The summed E-state index contributed by atoms with van der Waals surface area (Å²) in [6.45, 7) is 4.34. The van der Waals surface area contributed by atoms with Crippen LogP contribution < -0.4 is 18.5 Å². The summed E-state index contributed by atoms with van der Waals surface area (Å²) in [6.07, 6.45) is 1.32. The summed E-state index contributed by atoms with van der Waals surface area (Å²) in [7, 11) is -1.65. The van der Waals surface area contributed by atoms with Crippen LogP contribution in [0, 0.1) is 0 Å². The number of benzene rings is 2. The van der Waals surface area contributed by atoms with E-state index in [9.17, 15) is 13.2 Å². The number of halogens is 1. The quantitative estimate of drug-likeness (QED) is 0.400. The maximum Gasteiger partial charge on any atom is 0.428 e. The molecule has 0 spiro atoms. The predicted molar refractivity (Wildman–Crippen MR) is 123 cm³/mol. The number of hydrogen-bond acceptors (Lipinski definition) is 7. The zero-order chi connectivity index (χ0) is 23.7. The Bertz CT molecular complexity index is 1010. The molecule has 0 heterocycles. The average molecular weight is 486 g/mol. The van der Waals surface area contributed by atoms with E-state index < -0.39 is 16.1 Å². The molecular formula is C22H28ClNO7S. The molecule has 1 amide bonds. The van der Waals surface area contributed by atoms with E-state index >= 15 is 0 Å². The Labute approximate surface area is 194 Å². The standard InChI is InChI=1S/C22H28ClNO7S/c1-5-7-8-13-31-22(25)24(19-15-20(28-3)18(23)14-21(19)29-4)32(26,27)17-11-9-16(10-12-17)30-6-2/h9-12,14-15H,5-8,13H2,1-4H3. The summed E-state index contributed by atoms with van der Waals surface area (Å²) in [4.78, 5) is 12.9. The molecule has 0 saturated heterocycles. The highest BCUT2D eigenvalue weighted by Crippen LogP contribution is 2.40. The second kappa shape index (κ2) is 11.8. The Morgan fingerprint density at radius 3 is 2.22 bits per heavy atom. The first-order valence-electron chi connectivity index (χ1n) is 10.2. The summed E-state index contributed by atoms with van der Waals surface area (Å²) < 4.78 is 48.8. The lowest BCUT2D eigenvalue weighted by Gasteiger charge is -2.24. The second-order valence-corrected chi connectivity index (χ2v) is 8.85. The summed E-state index contributed by atoms with van der Waals surface area (Å²) >= 11 is 6.16. The van der Waals surface area contributed by atoms with Crippen molar-refractivity contribution in [1.29, 1.82) is 0 Å². The first-order chi connectivity index (χ1) is 15.3. The number of nitrogens with zero attached hydrogens (tertiary/aromatic N) is 1. The van der Waals surface area contributed by atoms with E-state index in [-0.39, 0.29) is 33.7 Å². The molecule has 0 atom stereocenters. The lowest BCUT2D eigenvalue weighted by molar-refractivity contribution is 0.155. The first-order valence-corrected chi connectivity index (χ1v) is 12.0. The number of amides is 1. The largest absolute Gasteiger partial charge is 0.495 e. The third-order valence-corrected chi connectivity index (χ3v) is 6.47. The number of sulfonamides is 1. The fourth-order valence-electron chi connectivity index (χ4n) is 2.88. The van der Waals surface area contributed by atoms with E-state index in [1.54, 1.807) is 0 Å². The molecule has 2 rings (SSSR count). The number of hydrogen-bond donors (Lipinski definition) is 0. The van der Waals surface area contributed by atoms with Crippen molar-refractivity contribution in [3.05, 3.63) is 41.4 Å². The summed E-state index contributed by atoms with van der Waals surface area (Å²) in [5.41, 5.74) is -0.0804. The van der Waals surface area contributed by atoms with Crippen LogP contribution in [-0.2, 0) is 14.8 Å². The predicted octanol–water partition coefficient (Wildman–Crippen LogP) is 5.28. The monoisotopic (exact) mass is 485 g/mol. The van der Waals surface area contributed by atoms with Gasteiger partial charge in [-0.2, -0.15) is 4.31 Å². The Hall–Kier alpha value is -2.65. The van der Waals surface area contributed by atoms with E-state index in [4.69, 9.17) is 30.5 Å². The zero-order valence-corrected chi connectivity index (χ0v) is 20.2. The molecule has 8 nitrogen and oxygen atoms in total. The van der Waals surface area contributed by atoms with Crippen molar-refractivity contribution in [3.63, 3.8) is 0 Å². The molecule has 176 valence electrons. The van der Waals surface area contributed by atoms with Gasteiger partial charge in [-0.15, -0.1) is 0 Å². The molecule has 10 heteroatoms. The van der Waals surface area contributed by atoms with Crippen molar-refractivity contribution < 1.29 is 32.2 Å². The third kappa shape index (κ3) is 5.98. The van der Waals surface area contributed by atoms with Crippen molar-refractivity contribution in [3.8, 4) is 17.2 Å². The fourth-order valence-corrected chi connectivity index (χ4v) is 4.45. The second-order valence-electron chi connectivity index (χ2n) is 6.65. The molecule has 0 aliphatic rings. The van der Waals surface area contributed by atoms with Gasteiger partial charge in [0.2, 0.25) is 0 Å². The zero-order valence-electron chi connectivity index (χ0n) is 18.6. The Kier molecular flexibility index (Phi) is 9.46. The van der Waals surface area contributed by atoms with Gasteiger partial charge in [0, 0.05) is 12.1 Å². The van der Waals surface area contributed by atoms with Gasteiger partial charge in [-0.25, -0.2) is 13.2 Å². The van der Waals surface area contributed by atoms with Crippen LogP contribution in [0.2, 0.25) is 5.02 Å². The highest BCUT2D eigenvalue weighted by atomic mass is 35.5. The first kappa shape index (κ1) is 25.6. The molecule has 0 aliphatic heterocycles. The van der Waals surface area contributed by atoms with Crippen LogP contribution in [0.3, 0.4) is 0 Å². The van der Waals surface area contributed by atoms with Crippen molar-refractivity contribution in [2.24, 2.45) is 0 Å². The lowest BCUT2D eigenvalue weighted by Crippen LogP contribution is -2.38. The van der Waals surface area contributed by atoms with Crippen LogP contribution in [0.25, 0.3) is 0 Å². The maximum atomic E-state index is 13.5. The molecular weight excluding hydrogens is 458 g/mol. The highest BCUT2D eigenvalue weighted by molar-refractivity contribution is 7.93. The van der Waals surface area contributed by atoms with Crippen molar-refractivity contribution in [2.45, 2.75) is 38.0 Å². The van der Waals surface area contributed by atoms with E-state index in [2.05, 4.69) is 0 Å². The molecule has 0 unspecified atom stereocenters. The average Bonchev–Trinajstić information content (AvgIpc) is 2.78. The normalized spacial score (nSPS) is 11.0. The number of methoxy groups -OCH3 is 2. The maximum absolute atomic E-state index is 13.5. The molecule has 32 heavy (non-hydrogen) atoms. The molecule has 0 aliphatic carbocycles. The molecule has 0 N–H and O–H groups in total. The van der Waals surface area contributed by atoms with Crippen LogP contribution in [-0.4, -0.2) is 41.9 Å². The molecule has 0 aromatic heterocycles. The molecule has 2 aromatic carbocycles.